The molecule has 23 heavy (non-hydrogen) atoms. The smallest absolute Gasteiger partial charge is 0.639 e. The van der Waals surface area contributed by atoms with E-state index < -0.39 is 0 Å². The standard InChI is InChI=1S/C19H24NP2.Rb/c1-15(20-21)18-13-8-14-19(18)22(16-9-4-2-5-10-16)17-11-6-3-7-12-17;/h2-7,9-12,15,18-19H,8,13-14,21H2,1H3;/q-1;+1. The summed E-state index contributed by atoms with van der Waals surface area (Å²) in [5.74, 6) is 0.712. The molecule has 0 radical (unpaired) electrons. The number of hydrogen-bond donors (Lipinski definition) is 0. The predicted molar refractivity (Wildman–Crippen MR) is 103 cm³/mol. The van der Waals surface area contributed by atoms with Gasteiger partial charge in [-0.15, -0.1) is 6.04 Å². The van der Waals surface area contributed by atoms with Gasteiger partial charge < -0.3 is 5.09 Å². The summed E-state index contributed by atoms with van der Waals surface area (Å²) in [6.07, 6.45) is 4.01. The molecule has 1 aliphatic rings. The van der Waals surface area contributed by atoms with E-state index in [0.717, 1.165) is 5.66 Å². The Hall–Kier alpha value is 1.07. The minimum Gasteiger partial charge on any atom is -0.639 e. The zero-order valence-corrected chi connectivity index (χ0v) is 21.1. The van der Waals surface area contributed by atoms with E-state index in [1.54, 1.807) is 0 Å². The monoisotopic (exact) mass is 413 g/mol. The molecule has 1 nitrogen and oxygen atoms in total. The van der Waals surface area contributed by atoms with Gasteiger partial charge in [-0.1, -0.05) is 86.3 Å². The molecule has 1 aliphatic carbocycles. The second kappa shape index (κ2) is 10.3. The fraction of sp³-hybridized carbons (Fsp3) is 0.368. The maximum Gasteiger partial charge on any atom is 1.00 e. The first-order chi connectivity index (χ1) is 10.8. The molecule has 4 heteroatoms. The van der Waals surface area contributed by atoms with Gasteiger partial charge in [-0.2, -0.15) is 0 Å². The van der Waals surface area contributed by atoms with Crippen molar-refractivity contribution >= 4 is 27.9 Å². The Labute approximate surface area is 193 Å². The minimum atomic E-state index is -0.299. The van der Waals surface area contributed by atoms with E-state index in [0.29, 0.717) is 12.0 Å². The summed E-state index contributed by atoms with van der Waals surface area (Å²) in [4.78, 5) is 0. The minimum absolute atomic E-state index is 0. The fourth-order valence-corrected chi connectivity index (χ4v) is 7.17. The molecular weight excluding hydrogens is 390 g/mol. The van der Waals surface area contributed by atoms with E-state index in [4.69, 9.17) is 0 Å². The molecule has 1 saturated carbocycles. The van der Waals surface area contributed by atoms with Gasteiger partial charge in [-0.25, -0.2) is 0 Å². The van der Waals surface area contributed by atoms with Gasteiger partial charge in [0.15, 0.2) is 0 Å². The van der Waals surface area contributed by atoms with Crippen molar-refractivity contribution in [1.82, 2.24) is 0 Å². The van der Waals surface area contributed by atoms with Crippen LogP contribution in [0.4, 0.5) is 0 Å². The van der Waals surface area contributed by atoms with Crippen LogP contribution in [0.1, 0.15) is 26.2 Å². The second-order valence-corrected chi connectivity index (χ2v) is 8.83. The van der Waals surface area contributed by atoms with Crippen molar-refractivity contribution in [1.29, 1.82) is 0 Å². The van der Waals surface area contributed by atoms with Crippen LogP contribution in [0.2, 0.25) is 0 Å². The normalized spacial score (nSPS) is 21.9. The molecule has 0 amide bonds. The molecular formula is C19H24NP2Rb. The van der Waals surface area contributed by atoms with Crippen molar-refractivity contribution in [2.24, 2.45) is 5.92 Å². The average molecular weight is 414 g/mol. The number of benzene rings is 2. The molecule has 2 aromatic rings. The summed E-state index contributed by atoms with van der Waals surface area (Å²) in [7, 11) is 2.29. The summed E-state index contributed by atoms with van der Waals surface area (Å²) < 4.78 is 0. The quantitative estimate of drug-likeness (QED) is 0.664. The van der Waals surface area contributed by atoms with E-state index in [2.05, 4.69) is 82.1 Å². The topological polar surface area (TPSA) is 14.1 Å². The van der Waals surface area contributed by atoms with Crippen molar-refractivity contribution in [2.75, 3.05) is 0 Å². The number of rotatable bonds is 5. The van der Waals surface area contributed by atoms with Crippen LogP contribution in [0.15, 0.2) is 60.7 Å². The molecule has 0 N–H and O–H groups in total. The van der Waals surface area contributed by atoms with Gasteiger partial charge in [0.25, 0.3) is 0 Å². The van der Waals surface area contributed by atoms with Crippen molar-refractivity contribution in [2.45, 2.75) is 37.9 Å². The summed E-state index contributed by atoms with van der Waals surface area (Å²) in [6, 6.07) is 22.7. The molecule has 4 atom stereocenters. The Balaban J connectivity index is 0.00000192. The molecule has 0 aliphatic heterocycles. The van der Waals surface area contributed by atoms with Gasteiger partial charge in [0.1, 0.15) is 0 Å². The van der Waals surface area contributed by atoms with E-state index in [1.807, 2.05) is 0 Å². The zero-order valence-electron chi connectivity index (χ0n) is 14.1. The third kappa shape index (κ3) is 5.04. The van der Waals surface area contributed by atoms with Gasteiger partial charge in [0, 0.05) is 0 Å². The molecule has 0 saturated heterocycles. The number of hydrogen-bond acceptors (Lipinski definition) is 0. The summed E-state index contributed by atoms with van der Waals surface area (Å²) >= 11 is 0. The fourth-order valence-electron chi connectivity index (χ4n) is 3.67. The van der Waals surface area contributed by atoms with Crippen LogP contribution in [-0.2, 0) is 0 Å². The van der Waals surface area contributed by atoms with Crippen LogP contribution < -0.4 is 68.8 Å². The Morgan fingerprint density at radius 3 is 1.96 bits per heavy atom. The van der Waals surface area contributed by atoms with Crippen LogP contribution in [0.3, 0.4) is 0 Å². The number of nitrogens with zero attached hydrogens (tertiary/aromatic N) is 1. The van der Waals surface area contributed by atoms with Crippen LogP contribution in [0.5, 0.6) is 0 Å². The first-order valence-electron chi connectivity index (χ1n) is 8.10. The Kier molecular flexibility index (Phi) is 9.10. The largest absolute Gasteiger partial charge is 1.00 e. The first kappa shape index (κ1) is 20.4. The third-order valence-corrected chi connectivity index (χ3v) is 8.27. The molecule has 0 aromatic heterocycles. The Morgan fingerprint density at radius 2 is 1.48 bits per heavy atom. The summed E-state index contributed by atoms with van der Waals surface area (Å²) in [6.45, 7) is 2.28. The van der Waals surface area contributed by atoms with Gasteiger partial charge in [0.2, 0.25) is 0 Å². The van der Waals surface area contributed by atoms with E-state index in [-0.39, 0.29) is 66.1 Å². The molecule has 0 spiro atoms. The zero-order chi connectivity index (χ0) is 15.4. The van der Waals surface area contributed by atoms with Crippen molar-refractivity contribution in [3.63, 3.8) is 0 Å². The summed E-state index contributed by atoms with van der Waals surface area (Å²) in [5.41, 5.74) is 0.749. The molecule has 2 aromatic carbocycles. The van der Waals surface area contributed by atoms with Gasteiger partial charge in [0.05, 0.1) is 0 Å². The van der Waals surface area contributed by atoms with Crippen molar-refractivity contribution < 1.29 is 58.2 Å². The van der Waals surface area contributed by atoms with E-state index >= 15 is 0 Å². The average Bonchev–Trinajstić information content (AvgIpc) is 3.06. The molecule has 116 valence electrons. The first-order valence-corrected chi connectivity index (χ1v) is 10.0. The van der Waals surface area contributed by atoms with Crippen molar-refractivity contribution in [3.8, 4) is 0 Å². The van der Waals surface area contributed by atoms with E-state index in [1.165, 1.54) is 29.9 Å². The second-order valence-electron chi connectivity index (χ2n) is 6.09. The summed E-state index contributed by atoms with van der Waals surface area (Å²) in [5, 5.41) is 7.54. The van der Waals surface area contributed by atoms with Gasteiger partial charge in [-0.05, 0) is 30.6 Å². The van der Waals surface area contributed by atoms with Crippen LogP contribution in [0.25, 0.3) is 5.09 Å². The predicted octanol–water partition coefficient (Wildman–Crippen LogP) is 1.84. The Bertz CT molecular complexity index is 539. The Morgan fingerprint density at radius 1 is 0.957 bits per heavy atom. The van der Waals surface area contributed by atoms with Crippen LogP contribution in [0, 0.1) is 5.92 Å². The maximum atomic E-state index is 4.52. The van der Waals surface area contributed by atoms with Crippen LogP contribution >= 0.6 is 17.3 Å². The molecule has 3 rings (SSSR count). The molecule has 1 fully saturated rings. The van der Waals surface area contributed by atoms with E-state index in [9.17, 15) is 0 Å². The molecule has 0 bridgehead atoms. The third-order valence-electron chi connectivity index (χ3n) is 4.79. The maximum absolute atomic E-state index is 4.52. The van der Waals surface area contributed by atoms with Crippen molar-refractivity contribution in [3.05, 3.63) is 65.8 Å². The molecule has 4 unspecified atom stereocenters. The van der Waals surface area contributed by atoms with Gasteiger partial charge >= 0.3 is 58.2 Å². The SMILES string of the molecule is CC([N-]P)C1CCCC1P(c1ccccc1)c1ccccc1.[Rb+]. The van der Waals surface area contributed by atoms with Gasteiger partial charge in [-0.3, -0.25) is 9.39 Å². The van der Waals surface area contributed by atoms with Crippen LogP contribution in [-0.4, -0.2) is 11.7 Å². The molecule has 0 heterocycles.